The first-order valence-corrected chi connectivity index (χ1v) is 8.96. The smallest absolute Gasteiger partial charge is 0.417 e. The summed E-state index contributed by atoms with van der Waals surface area (Å²) in [7, 11) is 0. The fraction of sp³-hybridized carbons (Fsp3) is 0.143. The average molecular weight is 421 g/mol. The summed E-state index contributed by atoms with van der Waals surface area (Å²) in [6.45, 7) is 1.67. The van der Waals surface area contributed by atoms with Crippen molar-refractivity contribution in [2.24, 2.45) is 0 Å². The third-order valence-electron chi connectivity index (χ3n) is 4.18. The van der Waals surface area contributed by atoms with Crippen LogP contribution in [0.2, 0.25) is 5.02 Å². The predicted octanol–water partition coefficient (Wildman–Crippen LogP) is 6.73. The van der Waals surface area contributed by atoms with Crippen molar-refractivity contribution in [2.45, 2.75) is 19.2 Å². The number of rotatable bonds is 4. The van der Waals surface area contributed by atoms with Crippen LogP contribution in [0.5, 0.6) is 0 Å². The van der Waals surface area contributed by atoms with Gasteiger partial charge in [0.25, 0.3) is 0 Å². The molecule has 2 aromatic carbocycles. The molecule has 0 aliphatic carbocycles. The highest BCUT2D eigenvalue weighted by Crippen LogP contribution is 2.36. The standard InChI is InChI=1S/C21H16ClF3N2O2/c1-13(14-4-6-15(7-5-14)16-3-2-10-26-12-16)29-20(28)27-17-8-9-19(22)18(11-17)21(23,24)25/h2-13H,1H3,(H,27,28). The van der Waals surface area contributed by atoms with Gasteiger partial charge in [-0.15, -0.1) is 0 Å². The van der Waals surface area contributed by atoms with Gasteiger partial charge in [-0.25, -0.2) is 4.79 Å². The van der Waals surface area contributed by atoms with Crippen molar-refractivity contribution >= 4 is 23.4 Å². The Hall–Kier alpha value is -3.06. The number of hydrogen-bond donors (Lipinski definition) is 1. The zero-order valence-electron chi connectivity index (χ0n) is 15.2. The van der Waals surface area contributed by atoms with Gasteiger partial charge < -0.3 is 4.74 Å². The molecule has 8 heteroatoms. The van der Waals surface area contributed by atoms with Crippen molar-refractivity contribution in [3.8, 4) is 11.1 Å². The molecule has 1 atom stereocenters. The largest absolute Gasteiger partial charge is 0.441 e. The first kappa shape index (κ1) is 20.7. The van der Waals surface area contributed by atoms with E-state index in [2.05, 4.69) is 10.3 Å². The minimum absolute atomic E-state index is 0.0640. The molecule has 150 valence electrons. The van der Waals surface area contributed by atoms with Crippen LogP contribution < -0.4 is 5.32 Å². The Labute approximate surface area is 170 Å². The molecule has 1 N–H and O–H groups in total. The molecule has 0 aliphatic rings. The third kappa shape index (κ3) is 5.26. The van der Waals surface area contributed by atoms with Crippen molar-refractivity contribution < 1.29 is 22.7 Å². The molecule has 0 saturated carbocycles. The maximum atomic E-state index is 12.9. The minimum Gasteiger partial charge on any atom is -0.441 e. The van der Waals surface area contributed by atoms with Crippen molar-refractivity contribution in [1.82, 2.24) is 4.98 Å². The van der Waals surface area contributed by atoms with Gasteiger partial charge in [0.2, 0.25) is 0 Å². The normalized spacial score (nSPS) is 12.3. The summed E-state index contributed by atoms with van der Waals surface area (Å²) in [5, 5.41) is 1.85. The molecule has 3 aromatic rings. The lowest BCUT2D eigenvalue weighted by Crippen LogP contribution is -2.16. The van der Waals surface area contributed by atoms with Gasteiger partial charge in [0.1, 0.15) is 6.10 Å². The van der Waals surface area contributed by atoms with E-state index in [1.54, 1.807) is 19.3 Å². The number of amides is 1. The van der Waals surface area contributed by atoms with Crippen LogP contribution in [0.3, 0.4) is 0 Å². The number of nitrogens with zero attached hydrogens (tertiary/aromatic N) is 1. The number of nitrogens with one attached hydrogen (secondary N) is 1. The number of halogens is 4. The number of alkyl halides is 3. The molecule has 4 nitrogen and oxygen atoms in total. The summed E-state index contributed by atoms with van der Waals surface area (Å²) in [4.78, 5) is 16.1. The van der Waals surface area contributed by atoms with E-state index in [-0.39, 0.29) is 5.69 Å². The van der Waals surface area contributed by atoms with Crippen LogP contribution >= 0.6 is 11.6 Å². The number of carbonyl (C=O) groups is 1. The van der Waals surface area contributed by atoms with E-state index >= 15 is 0 Å². The monoisotopic (exact) mass is 420 g/mol. The van der Waals surface area contributed by atoms with Gasteiger partial charge in [-0.05, 0) is 47.9 Å². The molecule has 29 heavy (non-hydrogen) atoms. The van der Waals surface area contributed by atoms with E-state index in [4.69, 9.17) is 16.3 Å². The molecular weight excluding hydrogens is 405 g/mol. The molecule has 1 aromatic heterocycles. The van der Waals surface area contributed by atoms with Crippen molar-refractivity contribution in [3.05, 3.63) is 83.1 Å². The summed E-state index contributed by atoms with van der Waals surface area (Å²) in [5.74, 6) is 0. The van der Waals surface area contributed by atoms with Gasteiger partial charge in [-0.1, -0.05) is 41.9 Å². The van der Waals surface area contributed by atoms with Gasteiger partial charge in [0.05, 0.1) is 10.6 Å². The molecule has 0 aliphatic heterocycles. The second-order valence-corrected chi connectivity index (χ2v) is 6.64. The predicted molar refractivity (Wildman–Crippen MR) is 105 cm³/mol. The number of carbonyl (C=O) groups excluding carboxylic acids is 1. The molecule has 0 fully saturated rings. The molecular formula is C21H16ClF3N2O2. The summed E-state index contributed by atoms with van der Waals surface area (Å²) >= 11 is 5.57. The van der Waals surface area contributed by atoms with Crippen molar-refractivity contribution in [2.75, 3.05) is 5.32 Å². The van der Waals surface area contributed by atoms with E-state index in [9.17, 15) is 18.0 Å². The Kier molecular flexibility index (Phi) is 6.08. The Morgan fingerprint density at radius 3 is 2.45 bits per heavy atom. The van der Waals surface area contributed by atoms with Gasteiger partial charge in [0.15, 0.2) is 0 Å². The lowest BCUT2D eigenvalue weighted by molar-refractivity contribution is -0.137. The Morgan fingerprint density at radius 1 is 1.10 bits per heavy atom. The van der Waals surface area contributed by atoms with Gasteiger partial charge in [-0.2, -0.15) is 13.2 Å². The topological polar surface area (TPSA) is 51.2 Å². The summed E-state index contributed by atoms with van der Waals surface area (Å²) in [6.07, 6.45) is -2.67. The Morgan fingerprint density at radius 2 is 1.83 bits per heavy atom. The molecule has 3 rings (SSSR count). The van der Waals surface area contributed by atoms with Crippen LogP contribution in [-0.4, -0.2) is 11.1 Å². The maximum absolute atomic E-state index is 12.9. The minimum atomic E-state index is -4.62. The Bertz CT molecular complexity index is 993. The molecule has 0 saturated heterocycles. The lowest BCUT2D eigenvalue weighted by Gasteiger charge is -2.16. The van der Waals surface area contributed by atoms with Crippen LogP contribution in [-0.2, 0) is 10.9 Å². The van der Waals surface area contributed by atoms with Crippen LogP contribution in [0.4, 0.5) is 23.7 Å². The van der Waals surface area contributed by atoms with Crippen LogP contribution in [0, 0.1) is 0 Å². The summed E-state index contributed by atoms with van der Waals surface area (Å²) in [5.41, 5.74) is 1.55. The number of benzene rings is 2. The van der Waals surface area contributed by atoms with Gasteiger partial charge in [-0.3, -0.25) is 10.3 Å². The van der Waals surface area contributed by atoms with Crippen molar-refractivity contribution in [3.63, 3.8) is 0 Å². The first-order valence-electron chi connectivity index (χ1n) is 8.59. The van der Waals surface area contributed by atoms with E-state index in [0.29, 0.717) is 0 Å². The molecule has 1 heterocycles. The van der Waals surface area contributed by atoms with Crippen LogP contribution in [0.25, 0.3) is 11.1 Å². The molecule has 0 radical (unpaired) electrons. The third-order valence-corrected chi connectivity index (χ3v) is 4.51. The first-order chi connectivity index (χ1) is 13.7. The van der Waals surface area contributed by atoms with Crippen LogP contribution in [0.15, 0.2) is 67.0 Å². The van der Waals surface area contributed by atoms with Gasteiger partial charge in [0, 0.05) is 18.1 Å². The van der Waals surface area contributed by atoms with E-state index in [1.165, 1.54) is 6.07 Å². The summed E-state index contributed by atoms with van der Waals surface area (Å²) < 4.78 is 44.0. The van der Waals surface area contributed by atoms with E-state index in [1.807, 2.05) is 36.4 Å². The fourth-order valence-electron chi connectivity index (χ4n) is 2.68. The maximum Gasteiger partial charge on any atom is 0.417 e. The van der Waals surface area contributed by atoms with Crippen LogP contribution in [0.1, 0.15) is 24.2 Å². The number of hydrogen-bond acceptors (Lipinski definition) is 3. The number of pyridine rings is 1. The quantitative estimate of drug-likeness (QED) is 0.509. The number of anilines is 1. The van der Waals surface area contributed by atoms with E-state index < -0.39 is 29.0 Å². The molecule has 1 unspecified atom stereocenters. The van der Waals surface area contributed by atoms with E-state index in [0.717, 1.165) is 28.8 Å². The Balaban J connectivity index is 1.65. The lowest BCUT2D eigenvalue weighted by atomic mass is 10.0. The SMILES string of the molecule is CC(OC(=O)Nc1ccc(Cl)c(C(F)(F)F)c1)c1ccc(-c2cccnc2)cc1. The number of ether oxygens (including phenoxy) is 1. The molecule has 0 spiro atoms. The summed E-state index contributed by atoms with van der Waals surface area (Å²) in [6, 6.07) is 14.2. The zero-order valence-corrected chi connectivity index (χ0v) is 16.0. The van der Waals surface area contributed by atoms with Gasteiger partial charge >= 0.3 is 12.3 Å². The highest BCUT2D eigenvalue weighted by molar-refractivity contribution is 6.31. The zero-order chi connectivity index (χ0) is 21.0. The fourth-order valence-corrected chi connectivity index (χ4v) is 2.90. The van der Waals surface area contributed by atoms with Crippen molar-refractivity contribution in [1.29, 1.82) is 0 Å². The molecule has 0 bridgehead atoms. The highest BCUT2D eigenvalue weighted by Gasteiger charge is 2.33. The second-order valence-electron chi connectivity index (χ2n) is 6.23. The molecule has 1 amide bonds. The number of aromatic nitrogens is 1. The highest BCUT2D eigenvalue weighted by atomic mass is 35.5. The average Bonchev–Trinajstić information content (AvgIpc) is 2.69. The second kappa shape index (κ2) is 8.53.